The van der Waals surface area contributed by atoms with Crippen molar-refractivity contribution in [3.63, 3.8) is 0 Å². The predicted octanol–water partition coefficient (Wildman–Crippen LogP) is 3.99. The molecule has 1 aliphatic carbocycles. The normalized spacial score (nSPS) is 18.1. The molecule has 1 saturated heterocycles. The molecule has 3 nitrogen and oxygen atoms in total. The average molecular weight is 308 g/mol. The Morgan fingerprint density at radius 2 is 1.91 bits per heavy atom. The SMILES string of the molecule is N#Cc1cc(F)c(N2CCC(=C(F)F)CC2)cc1OC1CC1. The van der Waals surface area contributed by atoms with Crippen molar-refractivity contribution in [2.24, 2.45) is 0 Å². The Morgan fingerprint density at radius 1 is 1.23 bits per heavy atom. The number of benzene rings is 1. The molecule has 0 N–H and O–H groups in total. The van der Waals surface area contributed by atoms with Crippen LogP contribution in [-0.4, -0.2) is 19.2 Å². The molecule has 3 rings (SSSR count). The molecule has 0 amide bonds. The van der Waals surface area contributed by atoms with Crippen molar-refractivity contribution >= 4 is 5.69 Å². The van der Waals surface area contributed by atoms with Crippen molar-refractivity contribution in [3.05, 3.63) is 35.2 Å². The Kier molecular flexibility index (Phi) is 3.97. The number of hydrogen-bond acceptors (Lipinski definition) is 3. The summed E-state index contributed by atoms with van der Waals surface area (Å²) < 4.78 is 45.0. The highest BCUT2D eigenvalue weighted by atomic mass is 19.3. The van der Waals surface area contributed by atoms with Crippen LogP contribution >= 0.6 is 0 Å². The topological polar surface area (TPSA) is 36.3 Å². The number of ether oxygens (including phenoxy) is 1. The largest absolute Gasteiger partial charge is 0.489 e. The molecule has 22 heavy (non-hydrogen) atoms. The molecule has 1 aromatic carbocycles. The number of rotatable bonds is 3. The van der Waals surface area contributed by atoms with Crippen molar-refractivity contribution in [1.29, 1.82) is 5.26 Å². The molecule has 6 heteroatoms. The van der Waals surface area contributed by atoms with Crippen LogP contribution < -0.4 is 9.64 Å². The van der Waals surface area contributed by atoms with Crippen LogP contribution in [0.5, 0.6) is 5.75 Å². The fraction of sp³-hybridized carbons (Fsp3) is 0.438. The summed E-state index contributed by atoms with van der Waals surface area (Å²) in [5.74, 6) is -0.146. The first-order valence-corrected chi connectivity index (χ1v) is 7.26. The zero-order valence-electron chi connectivity index (χ0n) is 11.9. The highest BCUT2D eigenvalue weighted by Gasteiger charge is 2.27. The first-order valence-electron chi connectivity index (χ1n) is 7.26. The average Bonchev–Trinajstić information content (AvgIpc) is 3.32. The Hall–Kier alpha value is -2.16. The number of anilines is 1. The first kappa shape index (κ1) is 14.8. The maximum Gasteiger partial charge on any atom is 0.269 e. The Bertz CT molecular complexity index is 648. The number of nitriles is 1. The van der Waals surface area contributed by atoms with Gasteiger partial charge in [-0.15, -0.1) is 0 Å². The minimum atomic E-state index is -1.63. The van der Waals surface area contributed by atoms with E-state index < -0.39 is 11.9 Å². The molecule has 116 valence electrons. The third kappa shape index (κ3) is 3.03. The molecule has 1 heterocycles. The van der Waals surface area contributed by atoms with Crippen LogP contribution in [0, 0.1) is 17.1 Å². The van der Waals surface area contributed by atoms with Gasteiger partial charge in [-0.2, -0.15) is 14.0 Å². The van der Waals surface area contributed by atoms with E-state index >= 15 is 0 Å². The van der Waals surface area contributed by atoms with Gasteiger partial charge in [0.1, 0.15) is 17.6 Å². The van der Waals surface area contributed by atoms with Crippen LogP contribution in [0.25, 0.3) is 0 Å². The Morgan fingerprint density at radius 3 is 2.45 bits per heavy atom. The Labute approximate surface area is 126 Å². The zero-order chi connectivity index (χ0) is 15.7. The lowest BCUT2D eigenvalue weighted by atomic mass is 10.0. The summed E-state index contributed by atoms with van der Waals surface area (Å²) in [6, 6.07) is 4.61. The fourth-order valence-corrected chi connectivity index (χ4v) is 2.54. The van der Waals surface area contributed by atoms with Gasteiger partial charge in [0.2, 0.25) is 0 Å². The quantitative estimate of drug-likeness (QED) is 0.847. The molecule has 2 fully saturated rings. The smallest absolute Gasteiger partial charge is 0.269 e. The summed E-state index contributed by atoms with van der Waals surface area (Å²) in [4.78, 5) is 1.72. The van der Waals surface area contributed by atoms with Gasteiger partial charge in [0.15, 0.2) is 0 Å². The second kappa shape index (κ2) is 5.91. The van der Waals surface area contributed by atoms with Crippen molar-refractivity contribution < 1.29 is 17.9 Å². The second-order valence-electron chi connectivity index (χ2n) is 5.58. The number of piperidine rings is 1. The van der Waals surface area contributed by atoms with E-state index in [1.807, 2.05) is 6.07 Å². The number of nitrogens with zero attached hydrogens (tertiary/aromatic N) is 2. The van der Waals surface area contributed by atoms with Gasteiger partial charge in [0.25, 0.3) is 6.08 Å². The lowest BCUT2D eigenvalue weighted by Gasteiger charge is -2.30. The minimum Gasteiger partial charge on any atom is -0.489 e. The van der Waals surface area contributed by atoms with Crippen LogP contribution in [0.4, 0.5) is 18.9 Å². The highest BCUT2D eigenvalue weighted by molar-refractivity contribution is 5.58. The molecule has 2 aliphatic rings. The summed E-state index contributed by atoms with van der Waals surface area (Å²) in [6.07, 6.45) is 0.789. The summed E-state index contributed by atoms with van der Waals surface area (Å²) >= 11 is 0. The van der Waals surface area contributed by atoms with Gasteiger partial charge in [0, 0.05) is 19.2 Å². The van der Waals surface area contributed by atoms with E-state index in [0.717, 1.165) is 18.9 Å². The van der Waals surface area contributed by atoms with Crippen LogP contribution in [0.3, 0.4) is 0 Å². The molecule has 0 aromatic heterocycles. The molecule has 1 aliphatic heterocycles. The summed E-state index contributed by atoms with van der Waals surface area (Å²) in [6.45, 7) is 0.663. The lowest BCUT2D eigenvalue weighted by Crippen LogP contribution is -2.31. The molecule has 0 radical (unpaired) electrons. The second-order valence-corrected chi connectivity index (χ2v) is 5.58. The third-order valence-electron chi connectivity index (χ3n) is 3.96. The molecule has 0 atom stereocenters. The zero-order valence-corrected chi connectivity index (χ0v) is 11.9. The molecule has 0 bridgehead atoms. The molecule has 0 spiro atoms. The molecule has 0 unspecified atom stereocenters. The van der Waals surface area contributed by atoms with Gasteiger partial charge in [-0.05, 0) is 37.3 Å². The Balaban J connectivity index is 1.84. The molecule has 1 saturated carbocycles. The molecule has 1 aromatic rings. The van der Waals surface area contributed by atoms with E-state index in [-0.39, 0.29) is 30.1 Å². The van der Waals surface area contributed by atoms with Crippen LogP contribution in [-0.2, 0) is 0 Å². The number of hydrogen-bond donors (Lipinski definition) is 0. The van der Waals surface area contributed by atoms with Crippen LogP contribution in [0.15, 0.2) is 23.8 Å². The lowest BCUT2D eigenvalue weighted by molar-refractivity contribution is 0.302. The maximum atomic E-state index is 14.2. The summed E-state index contributed by atoms with van der Waals surface area (Å²) in [7, 11) is 0. The van der Waals surface area contributed by atoms with Crippen molar-refractivity contribution in [1.82, 2.24) is 0 Å². The fourth-order valence-electron chi connectivity index (χ4n) is 2.54. The van der Waals surface area contributed by atoms with Crippen LogP contribution in [0.2, 0.25) is 0 Å². The van der Waals surface area contributed by atoms with E-state index in [1.165, 1.54) is 6.07 Å². The van der Waals surface area contributed by atoms with Gasteiger partial charge in [0.05, 0.1) is 17.4 Å². The van der Waals surface area contributed by atoms with E-state index in [2.05, 4.69) is 0 Å². The summed E-state index contributed by atoms with van der Waals surface area (Å²) in [5.41, 5.74) is 0.619. The third-order valence-corrected chi connectivity index (χ3v) is 3.96. The standard InChI is InChI=1S/C16H15F3N2O/c17-13-7-11(9-20)15(22-12-1-2-12)8-14(13)21-5-3-10(4-6-21)16(18)19/h7-8,12H,1-6H2. The predicted molar refractivity (Wildman–Crippen MR) is 75.5 cm³/mol. The molecular weight excluding hydrogens is 293 g/mol. The van der Waals surface area contributed by atoms with Crippen molar-refractivity contribution in [2.45, 2.75) is 31.8 Å². The van der Waals surface area contributed by atoms with E-state index in [1.54, 1.807) is 4.90 Å². The van der Waals surface area contributed by atoms with Gasteiger partial charge >= 0.3 is 0 Å². The van der Waals surface area contributed by atoms with Gasteiger partial charge in [-0.25, -0.2) is 4.39 Å². The molecular formula is C16H15F3N2O. The van der Waals surface area contributed by atoms with E-state index in [9.17, 15) is 13.2 Å². The first-order chi connectivity index (χ1) is 10.6. The van der Waals surface area contributed by atoms with Crippen molar-refractivity contribution in [3.8, 4) is 11.8 Å². The van der Waals surface area contributed by atoms with E-state index in [0.29, 0.717) is 24.5 Å². The van der Waals surface area contributed by atoms with Gasteiger partial charge < -0.3 is 9.64 Å². The van der Waals surface area contributed by atoms with Gasteiger partial charge in [-0.3, -0.25) is 0 Å². The maximum absolute atomic E-state index is 14.2. The van der Waals surface area contributed by atoms with Gasteiger partial charge in [-0.1, -0.05) is 0 Å². The monoisotopic (exact) mass is 308 g/mol. The van der Waals surface area contributed by atoms with Crippen molar-refractivity contribution in [2.75, 3.05) is 18.0 Å². The number of halogens is 3. The van der Waals surface area contributed by atoms with E-state index in [4.69, 9.17) is 10.00 Å². The van der Waals surface area contributed by atoms with Crippen LogP contribution in [0.1, 0.15) is 31.2 Å². The highest BCUT2D eigenvalue weighted by Crippen LogP contribution is 2.35. The minimum absolute atomic E-state index is 0.0990. The summed E-state index contributed by atoms with van der Waals surface area (Å²) in [5, 5.41) is 9.07.